The van der Waals surface area contributed by atoms with Gasteiger partial charge in [0.25, 0.3) is 0 Å². The van der Waals surface area contributed by atoms with Crippen LogP contribution in [0.15, 0.2) is 57.9 Å². The van der Waals surface area contributed by atoms with Gasteiger partial charge in [-0.05, 0) is 42.8 Å². The third-order valence-corrected chi connectivity index (χ3v) is 4.64. The smallest absolute Gasteiger partial charge is 0.345 e. The van der Waals surface area contributed by atoms with E-state index in [1.165, 1.54) is 24.4 Å². The largest absolute Gasteiger partial charge is 0.507 e. The Morgan fingerprint density at radius 3 is 2.73 bits per heavy atom. The molecule has 6 heteroatoms. The maximum Gasteiger partial charge on any atom is 0.345 e. The Morgan fingerprint density at radius 1 is 1.15 bits per heavy atom. The summed E-state index contributed by atoms with van der Waals surface area (Å²) in [7, 11) is 0. The SMILES string of the molecule is Cc1cc(O)c(C(=O)c2cnc3c(c2)c(=O)oc2ccccc23)cc1Cl. The van der Waals surface area contributed by atoms with E-state index in [4.69, 9.17) is 16.0 Å². The molecule has 1 N–H and O–H groups in total. The highest BCUT2D eigenvalue weighted by molar-refractivity contribution is 6.32. The third-order valence-electron chi connectivity index (χ3n) is 4.24. The fraction of sp³-hybridized carbons (Fsp3) is 0.0500. The molecule has 26 heavy (non-hydrogen) atoms. The van der Waals surface area contributed by atoms with Crippen molar-refractivity contribution in [2.75, 3.05) is 0 Å². The summed E-state index contributed by atoms with van der Waals surface area (Å²) in [6.07, 6.45) is 1.38. The Morgan fingerprint density at radius 2 is 1.92 bits per heavy atom. The van der Waals surface area contributed by atoms with E-state index in [1.54, 1.807) is 25.1 Å². The van der Waals surface area contributed by atoms with E-state index in [0.717, 1.165) is 0 Å². The number of benzene rings is 2. The number of phenols is 1. The summed E-state index contributed by atoms with van der Waals surface area (Å²) in [4.78, 5) is 29.3. The van der Waals surface area contributed by atoms with Gasteiger partial charge in [0.1, 0.15) is 11.3 Å². The first-order chi connectivity index (χ1) is 12.5. The predicted octanol–water partition coefficient (Wildman–Crippen LogP) is 4.24. The molecule has 128 valence electrons. The Balaban J connectivity index is 1.92. The zero-order valence-electron chi connectivity index (χ0n) is 13.6. The molecule has 0 radical (unpaired) electrons. The van der Waals surface area contributed by atoms with Gasteiger partial charge in [0, 0.05) is 22.2 Å². The number of fused-ring (bicyclic) bond motifs is 3. The van der Waals surface area contributed by atoms with E-state index in [2.05, 4.69) is 4.98 Å². The van der Waals surface area contributed by atoms with E-state index in [0.29, 0.717) is 27.1 Å². The van der Waals surface area contributed by atoms with Crippen LogP contribution in [0.3, 0.4) is 0 Å². The van der Waals surface area contributed by atoms with E-state index >= 15 is 0 Å². The van der Waals surface area contributed by atoms with Crippen molar-refractivity contribution in [1.29, 1.82) is 0 Å². The second kappa shape index (κ2) is 5.97. The second-order valence-electron chi connectivity index (χ2n) is 5.95. The van der Waals surface area contributed by atoms with E-state index in [9.17, 15) is 14.7 Å². The highest BCUT2D eigenvalue weighted by Crippen LogP contribution is 2.28. The quantitative estimate of drug-likeness (QED) is 0.326. The number of ketones is 1. The van der Waals surface area contributed by atoms with Gasteiger partial charge in [0.05, 0.1) is 16.5 Å². The molecule has 0 saturated heterocycles. The molecule has 4 rings (SSSR count). The Hall–Kier alpha value is -3.18. The van der Waals surface area contributed by atoms with Crippen LogP contribution in [-0.4, -0.2) is 15.9 Å². The Labute approximate surface area is 152 Å². The summed E-state index contributed by atoms with van der Waals surface area (Å²) in [6, 6.07) is 11.3. The van der Waals surface area contributed by atoms with E-state index < -0.39 is 11.4 Å². The molecule has 0 aliphatic carbocycles. The molecule has 0 bridgehead atoms. The standard InChI is InChI=1S/C20H12ClNO4/c1-10-6-16(23)13(8-15(10)21)19(24)11-7-14-18(22-9-11)12-4-2-3-5-17(12)26-20(14)25/h2-9,23H,1H3. The number of carbonyl (C=O) groups is 1. The summed E-state index contributed by atoms with van der Waals surface area (Å²) in [5.41, 5.74) is 1.18. The number of hydrogen-bond donors (Lipinski definition) is 1. The number of aromatic hydroxyl groups is 1. The molecule has 0 spiro atoms. The van der Waals surface area contributed by atoms with E-state index in [-0.39, 0.29) is 22.3 Å². The molecular formula is C20H12ClNO4. The van der Waals surface area contributed by atoms with Crippen molar-refractivity contribution in [3.63, 3.8) is 0 Å². The predicted molar refractivity (Wildman–Crippen MR) is 99.1 cm³/mol. The van der Waals surface area contributed by atoms with Crippen LogP contribution in [0, 0.1) is 6.92 Å². The molecule has 2 aromatic carbocycles. The molecule has 2 heterocycles. The third kappa shape index (κ3) is 2.53. The normalized spacial score (nSPS) is 11.2. The first-order valence-corrected chi connectivity index (χ1v) is 8.19. The van der Waals surface area contributed by atoms with Gasteiger partial charge in [-0.15, -0.1) is 0 Å². The zero-order chi connectivity index (χ0) is 18.4. The number of carbonyl (C=O) groups excluding carboxylic acids is 1. The second-order valence-corrected chi connectivity index (χ2v) is 6.36. The summed E-state index contributed by atoms with van der Waals surface area (Å²) in [5, 5.41) is 11.3. The van der Waals surface area contributed by atoms with Crippen molar-refractivity contribution in [3.05, 3.63) is 80.8 Å². The summed E-state index contributed by atoms with van der Waals surface area (Å²) >= 11 is 6.06. The average molecular weight is 366 g/mol. The van der Waals surface area contributed by atoms with Crippen LogP contribution in [0.1, 0.15) is 21.5 Å². The van der Waals surface area contributed by atoms with Crippen molar-refractivity contribution in [1.82, 2.24) is 4.98 Å². The summed E-state index contributed by atoms with van der Waals surface area (Å²) in [6.45, 7) is 1.73. The van der Waals surface area contributed by atoms with Crippen molar-refractivity contribution in [2.45, 2.75) is 6.92 Å². The molecule has 5 nitrogen and oxygen atoms in total. The Kier molecular flexibility index (Phi) is 3.74. The highest BCUT2D eigenvalue weighted by atomic mass is 35.5. The van der Waals surface area contributed by atoms with Crippen LogP contribution in [-0.2, 0) is 0 Å². The van der Waals surface area contributed by atoms with Gasteiger partial charge in [-0.3, -0.25) is 9.78 Å². The number of rotatable bonds is 2. The number of halogens is 1. The van der Waals surface area contributed by atoms with E-state index in [1.807, 2.05) is 6.07 Å². The number of nitrogens with zero attached hydrogens (tertiary/aromatic N) is 1. The monoisotopic (exact) mass is 365 g/mol. The van der Waals surface area contributed by atoms with Crippen molar-refractivity contribution >= 4 is 39.3 Å². The average Bonchev–Trinajstić information content (AvgIpc) is 2.64. The lowest BCUT2D eigenvalue weighted by atomic mass is 10.0. The maximum atomic E-state index is 12.8. The fourth-order valence-electron chi connectivity index (χ4n) is 2.87. The van der Waals surface area contributed by atoms with Crippen molar-refractivity contribution in [3.8, 4) is 5.75 Å². The van der Waals surface area contributed by atoms with Gasteiger partial charge >= 0.3 is 5.63 Å². The zero-order valence-corrected chi connectivity index (χ0v) is 14.4. The number of phenolic OH excluding ortho intramolecular Hbond substituents is 1. The molecular weight excluding hydrogens is 354 g/mol. The van der Waals surface area contributed by atoms with Crippen LogP contribution >= 0.6 is 11.6 Å². The van der Waals surface area contributed by atoms with Gasteiger partial charge in [0.2, 0.25) is 0 Å². The maximum absolute atomic E-state index is 12.8. The lowest BCUT2D eigenvalue weighted by molar-refractivity contribution is 0.103. The molecule has 0 saturated carbocycles. The first kappa shape index (κ1) is 16.3. The van der Waals surface area contributed by atoms with Crippen molar-refractivity contribution < 1.29 is 14.3 Å². The minimum Gasteiger partial charge on any atom is -0.507 e. The molecule has 0 fully saturated rings. The van der Waals surface area contributed by atoms with Crippen LogP contribution in [0.25, 0.3) is 21.9 Å². The summed E-state index contributed by atoms with van der Waals surface area (Å²) in [5.74, 6) is -0.658. The van der Waals surface area contributed by atoms with Crippen LogP contribution in [0.5, 0.6) is 5.75 Å². The molecule has 0 aliphatic heterocycles. The first-order valence-electron chi connectivity index (χ1n) is 7.81. The molecule has 2 aromatic heterocycles. The number of para-hydroxylation sites is 1. The topological polar surface area (TPSA) is 80.4 Å². The van der Waals surface area contributed by atoms with Gasteiger partial charge in [-0.25, -0.2) is 4.79 Å². The minimum atomic E-state index is -0.577. The molecule has 4 aromatic rings. The molecule has 0 atom stereocenters. The van der Waals surface area contributed by atoms with Crippen LogP contribution in [0.4, 0.5) is 0 Å². The number of hydrogen-bond acceptors (Lipinski definition) is 5. The van der Waals surface area contributed by atoms with Crippen LogP contribution < -0.4 is 5.63 Å². The lowest BCUT2D eigenvalue weighted by Gasteiger charge is -2.08. The van der Waals surface area contributed by atoms with Gasteiger partial charge in [-0.2, -0.15) is 0 Å². The van der Waals surface area contributed by atoms with Gasteiger partial charge in [0.15, 0.2) is 5.78 Å². The fourth-order valence-corrected chi connectivity index (χ4v) is 3.03. The van der Waals surface area contributed by atoms with Gasteiger partial charge in [-0.1, -0.05) is 23.7 Å². The van der Waals surface area contributed by atoms with Crippen LogP contribution in [0.2, 0.25) is 5.02 Å². The molecule has 0 amide bonds. The number of aryl methyl sites for hydroxylation is 1. The molecule has 0 aliphatic rings. The number of aromatic nitrogens is 1. The van der Waals surface area contributed by atoms with Crippen molar-refractivity contribution in [2.24, 2.45) is 0 Å². The molecule has 0 unspecified atom stereocenters. The highest BCUT2D eigenvalue weighted by Gasteiger charge is 2.18. The Bertz CT molecular complexity index is 1260. The lowest BCUT2D eigenvalue weighted by Crippen LogP contribution is -2.07. The number of pyridine rings is 1. The summed E-state index contributed by atoms with van der Waals surface area (Å²) < 4.78 is 5.30. The van der Waals surface area contributed by atoms with Gasteiger partial charge < -0.3 is 9.52 Å². The minimum absolute atomic E-state index is 0.0481.